The van der Waals surface area contributed by atoms with Gasteiger partial charge in [0.2, 0.25) is 5.91 Å². The van der Waals surface area contributed by atoms with E-state index >= 15 is 0 Å². The quantitative estimate of drug-likeness (QED) is 0.288. The first-order valence-corrected chi connectivity index (χ1v) is 12.1. The lowest BCUT2D eigenvalue weighted by Crippen LogP contribution is -2.40. The molecule has 4 nitrogen and oxygen atoms in total. The molecule has 1 saturated carbocycles. The molecule has 0 saturated heterocycles. The second-order valence-electron chi connectivity index (χ2n) is 10.9. The Kier molecular flexibility index (Phi) is 8.05. The standard InChI is InChI=1S/C28H32F5NO3/c1-16(28(31,32)33)23(20-9-7-19(8-10-20)17(2)29)24(35)34-22-14-18(6-11-21(22)30)15-27(12-13-27)25(36)37-26(3,4)5/h6-9,11,14,16,20,23H,2,10,12-13,15H2,1,3-5H3,(H,34,35)/t16-,20?,23+/m1/s1. The van der Waals surface area contributed by atoms with E-state index in [-0.39, 0.29) is 30.1 Å². The largest absolute Gasteiger partial charge is 0.460 e. The first kappa shape index (κ1) is 28.6. The van der Waals surface area contributed by atoms with Crippen molar-refractivity contribution in [3.8, 4) is 0 Å². The highest BCUT2D eigenvalue weighted by Gasteiger charge is 2.52. The number of anilines is 1. The van der Waals surface area contributed by atoms with Crippen LogP contribution in [0.2, 0.25) is 0 Å². The molecule has 1 unspecified atom stereocenters. The third-order valence-corrected chi connectivity index (χ3v) is 6.78. The van der Waals surface area contributed by atoms with E-state index in [1.165, 1.54) is 30.4 Å². The third-order valence-electron chi connectivity index (χ3n) is 6.78. The van der Waals surface area contributed by atoms with Crippen LogP contribution in [0.1, 0.15) is 52.5 Å². The first-order valence-electron chi connectivity index (χ1n) is 12.1. The Morgan fingerprint density at radius 3 is 2.35 bits per heavy atom. The second-order valence-corrected chi connectivity index (χ2v) is 10.9. The van der Waals surface area contributed by atoms with Crippen molar-refractivity contribution >= 4 is 17.6 Å². The van der Waals surface area contributed by atoms with Crippen molar-refractivity contribution in [3.05, 3.63) is 65.8 Å². The molecule has 0 radical (unpaired) electrons. The van der Waals surface area contributed by atoms with Gasteiger partial charge in [0, 0.05) is 5.57 Å². The number of carbonyl (C=O) groups is 2. The van der Waals surface area contributed by atoms with Gasteiger partial charge in [-0.1, -0.05) is 37.8 Å². The summed E-state index contributed by atoms with van der Waals surface area (Å²) in [6, 6.07) is 3.93. The molecule has 1 N–H and O–H groups in total. The van der Waals surface area contributed by atoms with Crippen LogP contribution in [-0.2, 0) is 20.7 Å². The van der Waals surface area contributed by atoms with E-state index in [0.29, 0.717) is 18.4 Å². The number of hydrogen-bond donors (Lipinski definition) is 1. The number of ether oxygens (including phenoxy) is 1. The Balaban J connectivity index is 1.81. The molecular formula is C28H32F5NO3. The molecule has 0 bridgehead atoms. The molecule has 1 aromatic carbocycles. The van der Waals surface area contributed by atoms with Gasteiger partial charge in [-0.25, -0.2) is 8.78 Å². The van der Waals surface area contributed by atoms with E-state index in [1.807, 2.05) is 0 Å². The van der Waals surface area contributed by atoms with Gasteiger partial charge in [0.25, 0.3) is 0 Å². The van der Waals surface area contributed by atoms with E-state index in [0.717, 1.165) is 13.0 Å². The van der Waals surface area contributed by atoms with Gasteiger partial charge in [-0.3, -0.25) is 9.59 Å². The first-order chi connectivity index (χ1) is 17.0. The number of alkyl halides is 3. The van der Waals surface area contributed by atoms with Crippen LogP contribution in [0.3, 0.4) is 0 Å². The molecule has 2 aliphatic carbocycles. The van der Waals surface area contributed by atoms with Crippen molar-refractivity contribution in [2.75, 3.05) is 5.32 Å². The maximum absolute atomic E-state index is 14.6. The minimum Gasteiger partial charge on any atom is -0.460 e. The molecule has 0 aliphatic heterocycles. The van der Waals surface area contributed by atoms with Crippen LogP contribution < -0.4 is 5.32 Å². The molecule has 0 spiro atoms. The molecule has 1 aromatic rings. The number of esters is 1. The van der Waals surface area contributed by atoms with Crippen LogP contribution in [0.4, 0.5) is 27.6 Å². The Hall–Kier alpha value is -2.97. The number of halogens is 5. The summed E-state index contributed by atoms with van der Waals surface area (Å²) < 4.78 is 74.6. The molecule has 3 atom stereocenters. The molecule has 1 fully saturated rings. The highest BCUT2D eigenvalue weighted by atomic mass is 19.4. The van der Waals surface area contributed by atoms with Crippen molar-refractivity contribution in [1.29, 1.82) is 0 Å². The van der Waals surface area contributed by atoms with E-state index in [2.05, 4.69) is 11.9 Å². The summed E-state index contributed by atoms with van der Waals surface area (Å²) in [7, 11) is 0. The summed E-state index contributed by atoms with van der Waals surface area (Å²) in [6.07, 6.45) is 0.804. The van der Waals surface area contributed by atoms with Crippen molar-refractivity contribution in [2.45, 2.75) is 65.2 Å². The maximum atomic E-state index is 14.6. The molecule has 2 aliphatic rings. The van der Waals surface area contributed by atoms with E-state index in [4.69, 9.17) is 4.74 Å². The van der Waals surface area contributed by atoms with E-state index in [1.54, 1.807) is 20.8 Å². The van der Waals surface area contributed by atoms with Gasteiger partial charge in [-0.2, -0.15) is 13.2 Å². The molecule has 9 heteroatoms. The lowest BCUT2D eigenvalue weighted by atomic mass is 9.77. The highest BCUT2D eigenvalue weighted by molar-refractivity contribution is 5.93. The molecule has 0 heterocycles. The number of hydrogen-bond acceptors (Lipinski definition) is 3. The van der Waals surface area contributed by atoms with Crippen molar-refractivity contribution in [2.24, 2.45) is 23.2 Å². The number of allylic oxidation sites excluding steroid dienone is 5. The van der Waals surface area contributed by atoms with Gasteiger partial charge < -0.3 is 10.1 Å². The van der Waals surface area contributed by atoms with Crippen LogP contribution in [0.5, 0.6) is 0 Å². The monoisotopic (exact) mass is 525 g/mol. The average Bonchev–Trinajstić information content (AvgIpc) is 3.55. The van der Waals surface area contributed by atoms with Crippen LogP contribution in [0.25, 0.3) is 0 Å². The second kappa shape index (κ2) is 10.4. The van der Waals surface area contributed by atoms with Crippen molar-refractivity contribution < 1.29 is 36.3 Å². The summed E-state index contributed by atoms with van der Waals surface area (Å²) in [4.78, 5) is 25.8. The third kappa shape index (κ3) is 7.08. The lowest BCUT2D eigenvalue weighted by Gasteiger charge is -2.31. The van der Waals surface area contributed by atoms with Crippen LogP contribution in [0, 0.1) is 29.0 Å². The number of nitrogens with one attached hydrogen (secondary N) is 1. The predicted molar refractivity (Wildman–Crippen MR) is 131 cm³/mol. The highest BCUT2D eigenvalue weighted by Crippen LogP contribution is 2.50. The van der Waals surface area contributed by atoms with Crippen molar-refractivity contribution in [3.63, 3.8) is 0 Å². The maximum Gasteiger partial charge on any atom is 0.392 e. The SMILES string of the molecule is C=C(F)C1=CCC([C@@H](C(=O)Nc2cc(CC3(C(=O)OC(C)(C)C)CC3)ccc2F)[C@@H](C)C(F)(F)F)C=C1. The number of benzene rings is 1. The Labute approximate surface area is 213 Å². The number of amides is 1. The smallest absolute Gasteiger partial charge is 0.392 e. The minimum atomic E-state index is -4.68. The zero-order valence-electron chi connectivity index (χ0n) is 21.3. The fourth-order valence-electron chi connectivity index (χ4n) is 4.48. The zero-order chi connectivity index (χ0) is 27.8. The topological polar surface area (TPSA) is 55.4 Å². The predicted octanol–water partition coefficient (Wildman–Crippen LogP) is 7.23. The van der Waals surface area contributed by atoms with Gasteiger partial charge in [-0.15, -0.1) is 0 Å². The summed E-state index contributed by atoms with van der Waals surface area (Å²) in [5.41, 5.74) is -0.980. The molecule has 37 heavy (non-hydrogen) atoms. The summed E-state index contributed by atoms with van der Waals surface area (Å²) in [5.74, 6) is -7.40. The minimum absolute atomic E-state index is 0.00574. The summed E-state index contributed by atoms with van der Waals surface area (Å²) in [5, 5.41) is 2.33. The fraction of sp³-hybridized carbons (Fsp3) is 0.500. The van der Waals surface area contributed by atoms with Crippen LogP contribution >= 0.6 is 0 Å². The van der Waals surface area contributed by atoms with Crippen LogP contribution in [0.15, 0.2) is 54.4 Å². The van der Waals surface area contributed by atoms with Crippen molar-refractivity contribution in [1.82, 2.24) is 0 Å². The molecular weight excluding hydrogens is 493 g/mol. The van der Waals surface area contributed by atoms with Gasteiger partial charge >= 0.3 is 12.1 Å². The number of rotatable bonds is 8. The molecule has 0 aromatic heterocycles. The Morgan fingerprint density at radius 2 is 1.86 bits per heavy atom. The van der Waals surface area contributed by atoms with Crippen LogP contribution in [-0.4, -0.2) is 23.7 Å². The molecule has 202 valence electrons. The van der Waals surface area contributed by atoms with E-state index < -0.39 is 52.5 Å². The molecule has 3 rings (SSSR count). The fourth-order valence-corrected chi connectivity index (χ4v) is 4.48. The van der Waals surface area contributed by atoms with E-state index in [9.17, 15) is 31.5 Å². The summed E-state index contributed by atoms with van der Waals surface area (Å²) >= 11 is 0. The molecule has 1 amide bonds. The Morgan fingerprint density at radius 1 is 1.22 bits per heavy atom. The normalized spacial score (nSPS) is 20.5. The van der Waals surface area contributed by atoms with Gasteiger partial charge in [0.05, 0.1) is 22.9 Å². The van der Waals surface area contributed by atoms with Gasteiger partial charge in [-0.05, 0) is 70.1 Å². The zero-order valence-corrected chi connectivity index (χ0v) is 21.3. The number of carbonyl (C=O) groups excluding carboxylic acids is 2. The Bertz CT molecular complexity index is 1130. The van der Waals surface area contributed by atoms with Gasteiger partial charge in [0.1, 0.15) is 17.2 Å². The summed E-state index contributed by atoms with van der Waals surface area (Å²) in [6.45, 7) is 9.35. The lowest BCUT2D eigenvalue weighted by molar-refractivity contribution is -0.188. The average molecular weight is 526 g/mol. The van der Waals surface area contributed by atoms with Gasteiger partial charge in [0.15, 0.2) is 0 Å².